The van der Waals surface area contributed by atoms with Crippen LogP contribution >= 0.6 is 0 Å². The maximum Gasteiger partial charge on any atom is 0.255 e. The Morgan fingerprint density at radius 1 is 1.67 bits per heavy atom. The predicted octanol–water partition coefficient (Wildman–Crippen LogP) is 1.24. The molecule has 1 heterocycles. The van der Waals surface area contributed by atoms with E-state index in [-0.39, 0.29) is 11.4 Å². The lowest BCUT2D eigenvalue weighted by Gasteiger charge is -2.18. The predicted molar refractivity (Wildman–Crippen MR) is 52.6 cm³/mol. The van der Waals surface area contributed by atoms with E-state index in [0.717, 1.165) is 0 Å². The van der Waals surface area contributed by atoms with Crippen molar-refractivity contribution in [3.8, 4) is 6.07 Å². The molecule has 0 unspecified atom stereocenters. The second-order valence-electron chi connectivity index (χ2n) is 3.02. The molecule has 0 saturated carbocycles. The van der Waals surface area contributed by atoms with E-state index in [9.17, 15) is 8.78 Å². The van der Waals surface area contributed by atoms with Crippen molar-refractivity contribution < 1.29 is 8.78 Å². The Morgan fingerprint density at radius 3 is 2.87 bits per heavy atom. The molecular weight excluding hydrogens is 202 g/mol. The van der Waals surface area contributed by atoms with E-state index in [2.05, 4.69) is 4.98 Å². The highest BCUT2D eigenvalue weighted by Crippen LogP contribution is 2.18. The second kappa shape index (κ2) is 4.55. The number of rotatable bonds is 3. The summed E-state index contributed by atoms with van der Waals surface area (Å²) in [6.45, 7) is -0.467. The molecule has 0 aliphatic rings. The van der Waals surface area contributed by atoms with Gasteiger partial charge < -0.3 is 10.6 Å². The molecule has 0 aromatic carbocycles. The summed E-state index contributed by atoms with van der Waals surface area (Å²) in [5.74, 6) is 0.215. The highest BCUT2D eigenvalue weighted by Gasteiger charge is 2.13. The number of nitrogen functional groups attached to an aromatic ring is 1. The molecule has 0 bridgehead atoms. The molecule has 0 aliphatic heterocycles. The van der Waals surface area contributed by atoms with Crippen molar-refractivity contribution in [2.24, 2.45) is 0 Å². The van der Waals surface area contributed by atoms with Gasteiger partial charge in [0.25, 0.3) is 6.43 Å². The van der Waals surface area contributed by atoms with Gasteiger partial charge in [-0.2, -0.15) is 5.26 Å². The van der Waals surface area contributed by atoms with E-state index in [0.29, 0.717) is 5.69 Å². The molecule has 1 aromatic rings. The van der Waals surface area contributed by atoms with Crippen LogP contribution in [-0.2, 0) is 0 Å². The molecule has 0 atom stereocenters. The Hall–Kier alpha value is -1.90. The van der Waals surface area contributed by atoms with Crippen molar-refractivity contribution >= 4 is 11.5 Å². The molecule has 0 amide bonds. The van der Waals surface area contributed by atoms with Crippen LogP contribution in [-0.4, -0.2) is 25.0 Å². The molecule has 15 heavy (non-hydrogen) atoms. The van der Waals surface area contributed by atoms with Gasteiger partial charge in [0.05, 0.1) is 24.0 Å². The molecule has 80 valence electrons. The lowest BCUT2D eigenvalue weighted by Crippen LogP contribution is -2.25. The summed E-state index contributed by atoms with van der Waals surface area (Å²) in [6, 6.07) is 3.27. The van der Waals surface area contributed by atoms with Gasteiger partial charge in [-0.25, -0.2) is 13.8 Å². The fraction of sp³-hybridized carbons (Fsp3) is 0.333. The van der Waals surface area contributed by atoms with Crippen molar-refractivity contribution in [3.63, 3.8) is 0 Å². The van der Waals surface area contributed by atoms with Gasteiger partial charge in [-0.05, 0) is 6.07 Å². The first kappa shape index (κ1) is 11.2. The molecule has 0 saturated heterocycles. The van der Waals surface area contributed by atoms with Crippen molar-refractivity contribution in [2.75, 3.05) is 24.2 Å². The summed E-state index contributed by atoms with van der Waals surface area (Å²) in [5.41, 5.74) is 5.95. The molecule has 0 aliphatic carbocycles. The van der Waals surface area contributed by atoms with Crippen molar-refractivity contribution in [2.45, 2.75) is 6.43 Å². The topological polar surface area (TPSA) is 65.9 Å². The monoisotopic (exact) mass is 212 g/mol. The fourth-order valence-corrected chi connectivity index (χ4v) is 1.15. The van der Waals surface area contributed by atoms with E-state index in [1.807, 2.05) is 6.07 Å². The molecule has 2 N–H and O–H groups in total. The minimum Gasteiger partial charge on any atom is -0.397 e. The first-order chi connectivity index (χ1) is 7.04. The third-order valence-corrected chi connectivity index (χ3v) is 1.78. The lowest BCUT2D eigenvalue weighted by atomic mass is 10.2. The van der Waals surface area contributed by atoms with Crippen LogP contribution in [0.1, 0.15) is 5.56 Å². The summed E-state index contributed by atoms with van der Waals surface area (Å²) in [7, 11) is 1.45. The summed E-state index contributed by atoms with van der Waals surface area (Å²) in [6.07, 6.45) is -1.14. The number of nitriles is 1. The number of hydrogen-bond acceptors (Lipinski definition) is 4. The van der Waals surface area contributed by atoms with E-state index < -0.39 is 13.0 Å². The molecule has 4 nitrogen and oxygen atoms in total. The van der Waals surface area contributed by atoms with Crippen molar-refractivity contribution in [1.29, 1.82) is 5.26 Å². The van der Waals surface area contributed by atoms with Gasteiger partial charge >= 0.3 is 0 Å². The van der Waals surface area contributed by atoms with Crippen LogP contribution in [0.2, 0.25) is 0 Å². The smallest absolute Gasteiger partial charge is 0.255 e. The number of halogens is 2. The lowest BCUT2D eigenvalue weighted by molar-refractivity contribution is 0.156. The third kappa shape index (κ3) is 2.77. The van der Waals surface area contributed by atoms with Gasteiger partial charge in [-0.3, -0.25) is 0 Å². The Labute approximate surface area is 85.9 Å². The highest BCUT2D eigenvalue weighted by atomic mass is 19.3. The first-order valence-electron chi connectivity index (χ1n) is 4.19. The van der Waals surface area contributed by atoms with E-state index in [1.165, 1.54) is 24.2 Å². The summed E-state index contributed by atoms with van der Waals surface area (Å²) in [5, 5.41) is 8.77. The number of pyridine rings is 1. The normalized spacial score (nSPS) is 10.1. The van der Waals surface area contributed by atoms with Crippen molar-refractivity contribution in [3.05, 3.63) is 17.8 Å². The maximum atomic E-state index is 12.1. The molecule has 0 fully saturated rings. The first-order valence-corrected chi connectivity index (χ1v) is 4.19. The zero-order valence-corrected chi connectivity index (χ0v) is 8.11. The maximum absolute atomic E-state index is 12.1. The number of anilines is 2. The van der Waals surface area contributed by atoms with Crippen LogP contribution in [0.5, 0.6) is 0 Å². The van der Waals surface area contributed by atoms with Gasteiger partial charge in [-0.15, -0.1) is 0 Å². The minimum atomic E-state index is -2.47. The molecule has 0 spiro atoms. The molecule has 1 rings (SSSR count). The molecule has 6 heteroatoms. The van der Waals surface area contributed by atoms with Crippen LogP contribution < -0.4 is 10.6 Å². The highest BCUT2D eigenvalue weighted by molar-refractivity contribution is 5.58. The minimum absolute atomic E-state index is 0.193. The number of alkyl halides is 2. The van der Waals surface area contributed by atoms with Gasteiger partial charge in [0, 0.05) is 7.05 Å². The number of nitrogens with zero attached hydrogens (tertiary/aromatic N) is 3. The van der Waals surface area contributed by atoms with Crippen molar-refractivity contribution in [1.82, 2.24) is 4.98 Å². The average molecular weight is 212 g/mol. The summed E-state index contributed by atoms with van der Waals surface area (Å²) < 4.78 is 24.2. The number of aromatic nitrogens is 1. The Balaban J connectivity index is 2.99. The quantitative estimate of drug-likeness (QED) is 0.818. The Morgan fingerprint density at radius 2 is 2.33 bits per heavy atom. The fourth-order valence-electron chi connectivity index (χ4n) is 1.15. The largest absolute Gasteiger partial charge is 0.397 e. The van der Waals surface area contributed by atoms with Gasteiger partial charge in [0.1, 0.15) is 11.9 Å². The average Bonchev–Trinajstić information content (AvgIpc) is 2.16. The van der Waals surface area contributed by atoms with Crippen LogP contribution in [0.4, 0.5) is 20.3 Å². The Kier molecular flexibility index (Phi) is 3.39. The van der Waals surface area contributed by atoms with Gasteiger partial charge in [0.2, 0.25) is 0 Å². The summed E-state index contributed by atoms with van der Waals surface area (Å²) >= 11 is 0. The number of nitrogens with two attached hydrogens (primary N) is 1. The number of hydrogen-bond donors (Lipinski definition) is 1. The molecule has 0 radical (unpaired) electrons. The van der Waals surface area contributed by atoms with E-state index >= 15 is 0 Å². The summed E-state index contributed by atoms with van der Waals surface area (Å²) in [4.78, 5) is 5.07. The third-order valence-electron chi connectivity index (χ3n) is 1.78. The zero-order chi connectivity index (χ0) is 11.4. The zero-order valence-electron chi connectivity index (χ0n) is 8.11. The second-order valence-corrected chi connectivity index (χ2v) is 3.02. The van der Waals surface area contributed by atoms with E-state index in [4.69, 9.17) is 11.0 Å². The van der Waals surface area contributed by atoms with Gasteiger partial charge in [0.15, 0.2) is 0 Å². The van der Waals surface area contributed by atoms with Crippen LogP contribution in [0.25, 0.3) is 0 Å². The van der Waals surface area contributed by atoms with Gasteiger partial charge in [-0.1, -0.05) is 0 Å². The van der Waals surface area contributed by atoms with Crippen LogP contribution in [0.15, 0.2) is 12.3 Å². The standard InChI is InChI=1S/C9H10F2N4/c1-15(5-8(10)11)9-6(3-12)2-7(13)4-14-9/h2,4,8H,5,13H2,1H3. The van der Waals surface area contributed by atoms with E-state index in [1.54, 1.807) is 0 Å². The molecule has 1 aromatic heterocycles. The van der Waals surface area contributed by atoms with Crippen LogP contribution in [0, 0.1) is 11.3 Å². The SMILES string of the molecule is CN(CC(F)F)c1ncc(N)cc1C#N. The van der Waals surface area contributed by atoms with Crippen LogP contribution in [0.3, 0.4) is 0 Å². The Bertz CT molecular complexity index is 386. The molecular formula is C9H10F2N4.